The molecule has 0 spiro atoms. The van der Waals surface area contributed by atoms with Gasteiger partial charge in [0.25, 0.3) is 5.91 Å². The summed E-state index contributed by atoms with van der Waals surface area (Å²) >= 11 is 0. The van der Waals surface area contributed by atoms with Gasteiger partial charge in [-0.2, -0.15) is 5.26 Å². The summed E-state index contributed by atoms with van der Waals surface area (Å²) in [4.78, 5) is 22.4. The number of carbonyl (C=O) groups is 2. The third-order valence-electron chi connectivity index (χ3n) is 2.73. The number of amides is 1. The van der Waals surface area contributed by atoms with Crippen molar-refractivity contribution < 1.29 is 14.7 Å². The van der Waals surface area contributed by atoms with E-state index in [4.69, 9.17) is 10.4 Å². The van der Waals surface area contributed by atoms with Crippen molar-refractivity contribution in [1.82, 2.24) is 5.32 Å². The van der Waals surface area contributed by atoms with E-state index in [1.54, 1.807) is 24.3 Å². The molecule has 116 valence electrons. The summed E-state index contributed by atoms with van der Waals surface area (Å²) < 4.78 is 0. The first kappa shape index (κ1) is 17.2. The number of hydrogen-bond acceptors (Lipinski definition) is 4. The summed E-state index contributed by atoms with van der Waals surface area (Å²) in [5, 5.41) is 23.2. The Balaban J connectivity index is 2.66. The summed E-state index contributed by atoms with van der Waals surface area (Å²) in [6.45, 7) is 4.43. The second-order valence-electron chi connectivity index (χ2n) is 5.19. The molecule has 3 N–H and O–H groups in total. The Morgan fingerprint density at radius 3 is 2.45 bits per heavy atom. The molecule has 0 saturated carbocycles. The number of aliphatic carboxylic acids is 1. The first-order valence-corrected chi connectivity index (χ1v) is 6.88. The molecule has 1 aromatic rings. The number of anilines is 1. The topological polar surface area (TPSA) is 102 Å². The minimum atomic E-state index is -0.894. The molecule has 0 unspecified atom stereocenters. The first-order chi connectivity index (χ1) is 10.4. The number of hydrogen-bond donors (Lipinski definition) is 3. The lowest BCUT2D eigenvalue weighted by atomic mass is 10.1. The van der Waals surface area contributed by atoms with Crippen molar-refractivity contribution in [3.8, 4) is 6.07 Å². The average Bonchev–Trinajstić information content (AvgIpc) is 2.46. The van der Waals surface area contributed by atoms with Crippen LogP contribution in [-0.4, -0.2) is 23.5 Å². The van der Waals surface area contributed by atoms with Crippen LogP contribution in [0.5, 0.6) is 0 Å². The number of carbonyl (C=O) groups excluding carboxylic acids is 1. The van der Waals surface area contributed by atoms with Crippen LogP contribution in [0.1, 0.15) is 19.4 Å². The zero-order valence-corrected chi connectivity index (χ0v) is 12.6. The minimum absolute atomic E-state index is 0.0183. The molecule has 0 aromatic heterocycles. The molecule has 1 amide bonds. The van der Waals surface area contributed by atoms with Crippen LogP contribution in [0.3, 0.4) is 0 Å². The summed E-state index contributed by atoms with van der Waals surface area (Å²) in [6, 6.07) is 8.57. The summed E-state index contributed by atoms with van der Waals surface area (Å²) in [5.41, 5.74) is 1.33. The van der Waals surface area contributed by atoms with Crippen molar-refractivity contribution in [1.29, 1.82) is 5.26 Å². The fourth-order valence-electron chi connectivity index (χ4n) is 1.59. The lowest BCUT2D eigenvalue weighted by molar-refractivity contribution is -0.136. The maximum Gasteiger partial charge on any atom is 0.307 e. The van der Waals surface area contributed by atoms with E-state index in [2.05, 4.69) is 10.6 Å². The Morgan fingerprint density at radius 2 is 1.95 bits per heavy atom. The molecular formula is C16H19N3O3. The van der Waals surface area contributed by atoms with Gasteiger partial charge in [0.15, 0.2) is 0 Å². The summed E-state index contributed by atoms with van der Waals surface area (Å²) in [7, 11) is 0. The van der Waals surface area contributed by atoms with E-state index in [1.165, 1.54) is 6.20 Å². The Bertz CT molecular complexity index is 598. The van der Waals surface area contributed by atoms with E-state index >= 15 is 0 Å². The third kappa shape index (κ3) is 6.09. The third-order valence-corrected chi connectivity index (χ3v) is 2.73. The Labute approximate surface area is 129 Å². The normalized spacial score (nSPS) is 10.9. The second-order valence-corrected chi connectivity index (χ2v) is 5.19. The van der Waals surface area contributed by atoms with E-state index in [1.807, 2.05) is 19.9 Å². The number of benzene rings is 1. The van der Waals surface area contributed by atoms with Crippen LogP contribution >= 0.6 is 0 Å². The van der Waals surface area contributed by atoms with Gasteiger partial charge in [-0.3, -0.25) is 9.59 Å². The maximum absolute atomic E-state index is 11.8. The standard InChI is InChI=1S/C16H19N3O3/c1-11(2)9-19-16(22)13(8-17)10-18-14-5-3-12(4-6-14)7-15(20)21/h3-6,10-11,18H,7,9H2,1-2H3,(H,19,22)(H,20,21)/b13-10-. The lowest BCUT2D eigenvalue weighted by Gasteiger charge is -2.07. The van der Waals surface area contributed by atoms with Gasteiger partial charge in [0.1, 0.15) is 11.6 Å². The van der Waals surface area contributed by atoms with Gasteiger partial charge in [-0.1, -0.05) is 26.0 Å². The lowest BCUT2D eigenvalue weighted by Crippen LogP contribution is -2.28. The van der Waals surface area contributed by atoms with E-state index in [0.717, 1.165) is 0 Å². The Morgan fingerprint density at radius 1 is 1.32 bits per heavy atom. The average molecular weight is 301 g/mol. The van der Waals surface area contributed by atoms with Crippen LogP contribution < -0.4 is 10.6 Å². The Hall–Kier alpha value is -2.81. The Kier molecular flexibility index (Phi) is 6.64. The number of carboxylic acids is 1. The van der Waals surface area contributed by atoms with Crippen LogP contribution in [0.25, 0.3) is 0 Å². The van der Waals surface area contributed by atoms with Crippen LogP contribution in [0.2, 0.25) is 0 Å². The van der Waals surface area contributed by atoms with Crippen molar-refractivity contribution in [2.75, 3.05) is 11.9 Å². The summed E-state index contributed by atoms with van der Waals surface area (Å²) in [6.07, 6.45) is 1.29. The number of nitrogens with one attached hydrogen (secondary N) is 2. The molecule has 0 aliphatic heterocycles. The molecule has 0 saturated heterocycles. The van der Waals surface area contributed by atoms with Crippen LogP contribution in [0.15, 0.2) is 36.0 Å². The number of carboxylic acid groups (broad SMARTS) is 1. The van der Waals surface area contributed by atoms with Crippen LogP contribution in [0.4, 0.5) is 5.69 Å². The van der Waals surface area contributed by atoms with Crippen molar-refractivity contribution in [2.45, 2.75) is 20.3 Å². The highest BCUT2D eigenvalue weighted by atomic mass is 16.4. The van der Waals surface area contributed by atoms with Gasteiger partial charge in [-0.15, -0.1) is 0 Å². The molecule has 1 aromatic carbocycles. The predicted molar refractivity (Wildman–Crippen MR) is 82.9 cm³/mol. The highest BCUT2D eigenvalue weighted by molar-refractivity contribution is 5.97. The zero-order valence-electron chi connectivity index (χ0n) is 12.6. The van der Waals surface area contributed by atoms with Gasteiger partial charge in [0.05, 0.1) is 6.42 Å². The smallest absolute Gasteiger partial charge is 0.307 e. The molecule has 6 nitrogen and oxygen atoms in total. The van der Waals surface area contributed by atoms with Crippen LogP contribution in [0, 0.1) is 17.2 Å². The predicted octanol–water partition coefficient (Wildman–Crippen LogP) is 1.91. The van der Waals surface area contributed by atoms with Gasteiger partial charge >= 0.3 is 5.97 Å². The van der Waals surface area contributed by atoms with Crippen molar-refractivity contribution >= 4 is 17.6 Å². The molecule has 0 aliphatic rings. The highest BCUT2D eigenvalue weighted by Crippen LogP contribution is 2.10. The molecular weight excluding hydrogens is 282 g/mol. The number of rotatable bonds is 7. The molecule has 0 atom stereocenters. The van der Waals surface area contributed by atoms with Gasteiger partial charge < -0.3 is 15.7 Å². The van der Waals surface area contributed by atoms with Crippen molar-refractivity contribution in [3.63, 3.8) is 0 Å². The van der Waals surface area contributed by atoms with Gasteiger partial charge in [-0.25, -0.2) is 0 Å². The monoisotopic (exact) mass is 301 g/mol. The fourth-order valence-corrected chi connectivity index (χ4v) is 1.59. The van der Waals surface area contributed by atoms with E-state index < -0.39 is 11.9 Å². The van der Waals surface area contributed by atoms with Gasteiger partial charge in [0.2, 0.25) is 0 Å². The van der Waals surface area contributed by atoms with Crippen LogP contribution in [-0.2, 0) is 16.0 Å². The quantitative estimate of drug-likeness (QED) is 0.527. The maximum atomic E-state index is 11.8. The van der Waals surface area contributed by atoms with E-state index in [9.17, 15) is 9.59 Å². The summed E-state index contributed by atoms with van der Waals surface area (Å²) in [5.74, 6) is -1.01. The molecule has 22 heavy (non-hydrogen) atoms. The molecule has 0 aliphatic carbocycles. The largest absolute Gasteiger partial charge is 0.481 e. The first-order valence-electron chi connectivity index (χ1n) is 6.88. The van der Waals surface area contributed by atoms with E-state index in [0.29, 0.717) is 23.7 Å². The zero-order chi connectivity index (χ0) is 16.5. The molecule has 0 bridgehead atoms. The van der Waals surface area contributed by atoms with E-state index in [-0.39, 0.29) is 12.0 Å². The van der Waals surface area contributed by atoms with Crippen molar-refractivity contribution in [2.24, 2.45) is 5.92 Å². The minimum Gasteiger partial charge on any atom is -0.481 e. The van der Waals surface area contributed by atoms with Gasteiger partial charge in [0, 0.05) is 18.4 Å². The van der Waals surface area contributed by atoms with Crippen molar-refractivity contribution in [3.05, 3.63) is 41.6 Å². The molecule has 0 heterocycles. The fraction of sp³-hybridized carbons (Fsp3) is 0.312. The number of nitriles is 1. The molecule has 1 rings (SSSR count). The van der Waals surface area contributed by atoms with Gasteiger partial charge in [-0.05, 0) is 23.6 Å². The molecule has 0 radical (unpaired) electrons. The number of nitrogens with zero attached hydrogens (tertiary/aromatic N) is 1. The second kappa shape index (κ2) is 8.47. The SMILES string of the molecule is CC(C)CNC(=O)/C(C#N)=C\Nc1ccc(CC(=O)O)cc1. The molecule has 6 heteroatoms. The molecule has 0 fully saturated rings. The highest BCUT2D eigenvalue weighted by Gasteiger charge is 2.08.